The van der Waals surface area contributed by atoms with E-state index in [1.165, 1.54) is 0 Å². The Balaban J connectivity index is 0.00000242. The number of hydrogen-bond donors (Lipinski definition) is 2. The van der Waals surface area contributed by atoms with E-state index in [1.54, 1.807) is 0 Å². The fourth-order valence-corrected chi connectivity index (χ4v) is 2.71. The molecule has 0 atom stereocenters. The monoisotopic (exact) mass is 363 g/mol. The van der Waals surface area contributed by atoms with Crippen LogP contribution in [0.1, 0.15) is 30.1 Å². The van der Waals surface area contributed by atoms with E-state index in [1.807, 2.05) is 27.0 Å². The highest BCUT2D eigenvalue weighted by Gasteiger charge is 2.19. The molecule has 1 fully saturated rings. The topological polar surface area (TPSA) is 70.2 Å². The highest BCUT2D eigenvalue weighted by atomic mass is 35.5. The third kappa shape index (κ3) is 7.44. The SMILES string of the molecule is Cc1cc(C)nc(CNC(=O)CN(C)C2CCNCC2)n1.Cl.Cl. The number of nitrogens with one attached hydrogen (secondary N) is 2. The number of aryl methyl sites for hydroxylation is 2. The van der Waals surface area contributed by atoms with Crippen LogP contribution in [0.3, 0.4) is 0 Å². The first-order valence-electron chi connectivity index (χ1n) is 7.53. The fraction of sp³-hybridized carbons (Fsp3) is 0.667. The summed E-state index contributed by atoms with van der Waals surface area (Å²) in [5.74, 6) is 0.698. The van der Waals surface area contributed by atoms with Crippen molar-refractivity contribution < 1.29 is 4.79 Å². The van der Waals surface area contributed by atoms with Crippen LogP contribution in [0.2, 0.25) is 0 Å². The number of carbonyl (C=O) groups is 1. The molecule has 2 heterocycles. The van der Waals surface area contributed by atoms with E-state index in [-0.39, 0.29) is 30.7 Å². The van der Waals surface area contributed by atoms with Gasteiger partial charge in [0, 0.05) is 17.4 Å². The Bertz CT molecular complexity index is 475. The second kappa shape index (κ2) is 10.8. The van der Waals surface area contributed by atoms with Gasteiger partial charge in [-0.3, -0.25) is 9.69 Å². The number of nitrogens with zero attached hydrogens (tertiary/aromatic N) is 3. The molecule has 0 bridgehead atoms. The number of carbonyl (C=O) groups excluding carboxylic acids is 1. The molecule has 132 valence electrons. The lowest BCUT2D eigenvalue weighted by Crippen LogP contribution is -2.45. The van der Waals surface area contributed by atoms with Gasteiger partial charge in [-0.05, 0) is 52.9 Å². The summed E-state index contributed by atoms with van der Waals surface area (Å²) in [6.45, 7) is 6.76. The molecule has 0 spiro atoms. The highest BCUT2D eigenvalue weighted by Crippen LogP contribution is 2.09. The van der Waals surface area contributed by atoms with Crippen LogP contribution >= 0.6 is 24.8 Å². The van der Waals surface area contributed by atoms with E-state index >= 15 is 0 Å². The zero-order valence-electron chi connectivity index (χ0n) is 14.0. The van der Waals surface area contributed by atoms with Crippen molar-refractivity contribution in [2.24, 2.45) is 0 Å². The summed E-state index contributed by atoms with van der Waals surface area (Å²) in [6, 6.07) is 2.42. The predicted octanol–water partition coefficient (Wildman–Crippen LogP) is 1.24. The number of halogens is 2. The lowest BCUT2D eigenvalue weighted by atomic mass is 10.1. The summed E-state index contributed by atoms with van der Waals surface area (Å²) in [4.78, 5) is 22.8. The van der Waals surface area contributed by atoms with Gasteiger partial charge in [-0.15, -0.1) is 24.8 Å². The predicted molar refractivity (Wildman–Crippen MR) is 96.4 cm³/mol. The molecule has 0 saturated carbocycles. The summed E-state index contributed by atoms with van der Waals surface area (Å²) in [5, 5.41) is 6.24. The van der Waals surface area contributed by atoms with Gasteiger partial charge in [0.1, 0.15) is 5.82 Å². The van der Waals surface area contributed by atoms with Crippen molar-refractivity contribution in [2.75, 3.05) is 26.7 Å². The van der Waals surface area contributed by atoms with Crippen LogP contribution in [0.15, 0.2) is 6.07 Å². The van der Waals surface area contributed by atoms with Crippen molar-refractivity contribution in [3.8, 4) is 0 Å². The molecule has 1 amide bonds. The van der Waals surface area contributed by atoms with E-state index in [4.69, 9.17) is 0 Å². The average molecular weight is 364 g/mol. The van der Waals surface area contributed by atoms with Crippen LogP contribution in [0.4, 0.5) is 0 Å². The third-order valence-corrected chi connectivity index (χ3v) is 3.80. The van der Waals surface area contributed by atoms with Gasteiger partial charge in [0.05, 0.1) is 13.1 Å². The van der Waals surface area contributed by atoms with Crippen LogP contribution in [-0.4, -0.2) is 53.5 Å². The number of rotatable bonds is 5. The fourth-order valence-electron chi connectivity index (χ4n) is 2.71. The van der Waals surface area contributed by atoms with Crippen molar-refractivity contribution in [3.05, 3.63) is 23.3 Å². The van der Waals surface area contributed by atoms with E-state index in [0.29, 0.717) is 25.0 Å². The molecule has 1 saturated heterocycles. The Morgan fingerprint density at radius 2 is 1.83 bits per heavy atom. The molecule has 0 aliphatic carbocycles. The minimum Gasteiger partial charge on any atom is -0.348 e. The van der Waals surface area contributed by atoms with Crippen LogP contribution in [0.5, 0.6) is 0 Å². The standard InChI is InChI=1S/C15H25N5O.2ClH/c1-11-8-12(2)19-14(18-11)9-17-15(21)10-20(3)13-4-6-16-7-5-13;;/h8,13,16H,4-7,9-10H2,1-3H3,(H,17,21);2*1H. The minimum absolute atomic E-state index is 0. The van der Waals surface area contributed by atoms with Gasteiger partial charge in [0.25, 0.3) is 0 Å². The first-order valence-corrected chi connectivity index (χ1v) is 7.53. The summed E-state index contributed by atoms with van der Waals surface area (Å²) < 4.78 is 0. The molecule has 1 aromatic rings. The van der Waals surface area contributed by atoms with Crippen molar-refractivity contribution >= 4 is 30.7 Å². The molecule has 23 heavy (non-hydrogen) atoms. The summed E-state index contributed by atoms with van der Waals surface area (Å²) in [7, 11) is 2.02. The Hall–Kier alpha value is -0.950. The molecule has 1 aliphatic heterocycles. The Morgan fingerprint density at radius 3 is 2.39 bits per heavy atom. The number of likely N-dealkylation sites (N-methyl/N-ethyl adjacent to an activating group) is 1. The molecule has 2 rings (SSSR count). The lowest BCUT2D eigenvalue weighted by molar-refractivity contribution is -0.122. The number of hydrogen-bond acceptors (Lipinski definition) is 5. The van der Waals surface area contributed by atoms with Crippen LogP contribution < -0.4 is 10.6 Å². The van der Waals surface area contributed by atoms with Crippen molar-refractivity contribution in [1.82, 2.24) is 25.5 Å². The smallest absolute Gasteiger partial charge is 0.234 e. The largest absolute Gasteiger partial charge is 0.348 e. The van der Waals surface area contributed by atoms with Gasteiger partial charge in [-0.1, -0.05) is 0 Å². The maximum absolute atomic E-state index is 12.0. The third-order valence-electron chi connectivity index (χ3n) is 3.80. The summed E-state index contributed by atoms with van der Waals surface area (Å²) >= 11 is 0. The molecule has 1 aliphatic rings. The Labute approximate surface area is 150 Å². The van der Waals surface area contributed by atoms with Crippen LogP contribution in [-0.2, 0) is 11.3 Å². The van der Waals surface area contributed by atoms with Gasteiger partial charge in [0.2, 0.25) is 5.91 Å². The Morgan fingerprint density at radius 1 is 1.26 bits per heavy atom. The number of aromatic nitrogens is 2. The Kier molecular flexibility index (Phi) is 10.3. The first kappa shape index (κ1) is 22.1. The van der Waals surface area contributed by atoms with Gasteiger partial charge in [-0.25, -0.2) is 9.97 Å². The molecular weight excluding hydrogens is 337 g/mol. The van der Waals surface area contributed by atoms with Gasteiger partial charge in [-0.2, -0.15) is 0 Å². The first-order chi connectivity index (χ1) is 10.0. The molecule has 0 unspecified atom stereocenters. The highest BCUT2D eigenvalue weighted by molar-refractivity contribution is 5.85. The van der Waals surface area contributed by atoms with Gasteiger partial charge >= 0.3 is 0 Å². The normalized spacial score (nSPS) is 14.8. The second-order valence-corrected chi connectivity index (χ2v) is 5.74. The zero-order chi connectivity index (χ0) is 15.2. The molecule has 0 aromatic carbocycles. The molecule has 0 radical (unpaired) electrons. The van der Waals surface area contributed by atoms with E-state index in [9.17, 15) is 4.79 Å². The van der Waals surface area contributed by atoms with Gasteiger partial charge in [0.15, 0.2) is 0 Å². The molecule has 6 nitrogen and oxygen atoms in total. The molecule has 1 aromatic heterocycles. The molecule has 8 heteroatoms. The summed E-state index contributed by atoms with van der Waals surface area (Å²) in [5.41, 5.74) is 1.86. The van der Waals surface area contributed by atoms with Crippen LogP contribution in [0, 0.1) is 13.8 Å². The van der Waals surface area contributed by atoms with E-state index in [0.717, 1.165) is 37.3 Å². The molecular formula is C15H27Cl2N5O. The van der Waals surface area contributed by atoms with E-state index < -0.39 is 0 Å². The van der Waals surface area contributed by atoms with Crippen molar-refractivity contribution in [2.45, 2.75) is 39.3 Å². The van der Waals surface area contributed by atoms with Gasteiger partial charge < -0.3 is 10.6 Å². The zero-order valence-corrected chi connectivity index (χ0v) is 15.6. The van der Waals surface area contributed by atoms with Crippen molar-refractivity contribution in [3.63, 3.8) is 0 Å². The maximum atomic E-state index is 12.0. The average Bonchev–Trinajstić information content (AvgIpc) is 2.45. The van der Waals surface area contributed by atoms with Crippen molar-refractivity contribution in [1.29, 1.82) is 0 Å². The quantitative estimate of drug-likeness (QED) is 0.823. The minimum atomic E-state index is 0. The summed E-state index contributed by atoms with van der Waals surface area (Å²) in [6.07, 6.45) is 2.20. The number of amides is 1. The number of piperidine rings is 1. The molecule has 2 N–H and O–H groups in total. The van der Waals surface area contributed by atoms with E-state index in [2.05, 4.69) is 25.5 Å². The second-order valence-electron chi connectivity index (χ2n) is 5.74. The van der Waals surface area contributed by atoms with Crippen LogP contribution in [0.25, 0.3) is 0 Å². The maximum Gasteiger partial charge on any atom is 0.234 e. The lowest BCUT2D eigenvalue weighted by Gasteiger charge is -2.31.